The highest BCUT2D eigenvalue weighted by Gasteiger charge is 2.60. The molecule has 0 radical (unpaired) electrons. The van der Waals surface area contributed by atoms with E-state index in [0.29, 0.717) is 34.5 Å². The summed E-state index contributed by atoms with van der Waals surface area (Å²) < 4.78 is 5.19. The first-order valence-electron chi connectivity index (χ1n) is 10.6. The summed E-state index contributed by atoms with van der Waals surface area (Å²) in [5, 5.41) is 9.96. The van der Waals surface area contributed by atoms with Gasteiger partial charge in [-0.05, 0) is 61.6 Å². The number of anilines is 2. The molecular weight excluding hydrogens is 414 g/mol. The molecule has 1 spiro atoms. The lowest BCUT2D eigenvalue weighted by molar-refractivity contribution is -0.130. The molecule has 31 heavy (non-hydrogen) atoms. The summed E-state index contributed by atoms with van der Waals surface area (Å²) in [6, 6.07) is 11.0. The van der Waals surface area contributed by atoms with Crippen LogP contribution in [0.2, 0.25) is 5.02 Å². The SMILES string of the molecule is COc1ccc(NC(=O)C2CC(CC(C)C)NC23C(=O)Nc2c(Cl)cc(C)cc23)cc1. The Hall–Kier alpha value is -2.57. The molecule has 2 amide bonds. The van der Waals surface area contributed by atoms with Crippen molar-refractivity contribution in [2.75, 3.05) is 17.7 Å². The summed E-state index contributed by atoms with van der Waals surface area (Å²) in [4.78, 5) is 26.9. The second-order valence-electron chi connectivity index (χ2n) is 8.91. The van der Waals surface area contributed by atoms with Crippen molar-refractivity contribution in [3.05, 3.63) is 52.5 Å². The Labute approximate surface area is 187 Å². The average molecular weight is 442 g/mol. The van der Waals surface area contributed by atoms with Crippen molar-refractivity contribution in [1.29, 1.82) is 0 Å². The number of aryl methyl sites for hydroxylation is 1. The van der Waals surface area contributed by atoms with Crippen LogP contribution >= 0.6 is 11.6 Å². The van der Waals surface area contributed by atoms with Crippen LogP contribution in [0.1, 0.15) is 37.8 Å². The quantitative estimate of drug-likeness (QED) is 0.639. The third kappa shape index (κ3) is 3.79. The van der Waals surface area contributed by atoms with Crippen LogP contribution < -0.4 is 20.7 Å². The van der Waals surface area contributed by atoms with Gasteiger partial charge >= 0.3 is 0 Å². The van der Waals surface area contributed by atoms with Crippen molar-refractivity contribution in [1.82, 2.24) is 5.32 Å². The summed E-state index contributed by atoms with van der Waals surface area (Å²) in [6.07, 6.45) is 1.44. The molecule has 0 aromatic heterocycles. The molecule has 164 valence electrons. The van der Waals surface area contributed by atoms with Crippen LogP contribution in [0.25, 0.3) is 0 Å². The number of amides is 2. The van der Waals surface area contributed by atoms with E-state index in [-0.39, 0.29) is 17.9 Å². The maximum absolute atomic E-state index is 13.5. The fraction of sp³-hybridized carbons (Fsp3) is 0.417. The highest BCUT2D eigenvalue weighted by Crippen LogP contribution is 2.50. The standard InChI is InChI=1S/C24H28ClN3O3/c1-13(2)9-16-12-19(22(29)26-15-5-7-17(31-4)8-6-15)24(28-16)18-10-14(3)11-20(25)21(18)27-23(24)30/h5-8,10-11,13,16,19,28H,9,12H2,1-4H3,(H,26,29)(H,27,30). The number of methoxy groups -OCH3 is 1. The topological polar surface area (TPSA) is 79.5 Å². The summed E-state index contributed by atoms with van der Waals surface area (Å²) in [5.41, 5.74) is 1.82. The molecule has 2 aliphatic heterocycles. The highest BCUT2D eigenvalue weighted by atomic mass is 35.5. The van der Waals surface area contributed by atoms with Gasteiger partial charge < -0.3 is 15.4 Å². The molecule has 3 atom stereocenters. The fourth-order valence-electron chi connectivity index (χ4n) is 4.88. The van der Waals surface area contributed by atoms with Crippen LogP contribution in [0.15, 0.2) is 36.4 Å². The van der Waals surface area contributed by atoms with Gasteiger partial charge in [-0.2, -0.15) is 0 Å². The highest BCUT2D eigenvalue weighted by molar-refractivity contribution is 6.35. The van der Waals surface area contributed by atoms with E-state index in [1.807, 2.05) is 19.1 Å². The minimum absolute atomic E-state index is 0.0441. The van der Waals surface area contributed by atoms with Gasteiger partial charge in [-0.15, -0.1) is 0 Å². The van der Waals surface area contributed by atoms with E-state index in [4.69, 9.17) is 16.3 Å². The second kappa shape index (κ2) is 8.17. The van der Waals surface area contributed by atoms with Crippen LogP contribution in [0.4, 0.5) is 11.4 Å². The summed E-state index contributed by atoms with van der Waals surface area (Å²) in [5.74, 6) is 0.157. The monoisotopic (exact) mass is 441 g/mol. The van der Waals surface area contributed by atoms with E-state index in [1.54, 1.807) is 31.4 Å². The zero-order valence-corrected chi connectivity index (χ0v) is 19.0. The molecule has 3 unspecified atom stereocenters. The van der Waals surface area contributed by atoms with Gasteiger partial charge in [0.1, 0.15) is 11.3 Å². The number of hydrogen-bond acceptors (Lipinski definition) is 4. The third-order valence-corrected chi connectivity index (χ3v) is 6.46. The Balaban J connectivity index is 1.72. The Morgan fingerprint density at radius 2 is 2.00 bits per heavy atom. The number of carbonyl (C=O) groups is 2. The maximum Gasteiger partial charge on any atom is 0.250 e. The van der Waals surface area contributed by atoms with Crippen molar-refractivity contribution in [2.45, 2.75) is 45.2 Å². The molecular formula is C24H28ClN3O3. The van der Waals surface area contributed by atoms with E-state index < -0.39 is 11.5 Å². The van der Waals surface area contributed by atoms with Crippen molar-refractivity contribution in [3.8, 4) is 5.75 Å². The van der Waals surface area contributed by atoms with E-state index >= 15 is 0 Å². The molecule has 2 aromatic carbocycles. The first kappa shape index (κ1) is 21.7. The van der Waals surface area contributed by atoms with Gasteiger partial charge in [0.15, 0.2) is 0 Å². The molecule has 2 aliphatic rings. The molecule has 2 aromatic rings. The number of halogens is 1. The van der Waals surface area contributed by atoms with E-state index in [1.165, 1.54) is 0 Å². The van der Waals surface area contributed by atoms with E-state index in [2.05, 4.69) is 29.8 Å². The molecule has 1 saturated heterocycles. The number of hydrogen-bond donors (Lipinski definition) is 3. The number of rotatable bonds is 5. The first-order chi connectivity index (χ1) is 14.7. The van der Waals surface area contributed by atoms with Crippen molar-refractivity contribution >= 4 is 34.8 Å². The molecule has 7 heteroatoms. The number of nitrogens with one attached hydrogen (secondary N) is 3. The Morgan fingerprint density at radius 3 is 2.65 bits per heavy atom. The van der Waals surface area contributed by atoms with Crippen LogP contribution in [-0.2, 0) is 15.1 Å². The normalized spacial score (nSPS) is 24.4. The summed E-state index contributed by atoms with van der Waals surface area (Å²) in [7, 11) is 1.60. The van der Waals surface area contributed by atoms with Gasteiger partial charge in [0, 0.05) is 17.3 Å². The van der Waals surface area contributed by atoms with E-state index in [9.17, 15) is 9.59 Å². The van der Waals surface area contributed by atoms with Gasteiger partial charge in [-0.25, -0.2) is 0 Å². The zero-order chi connectivity index (χ0) is 22.3. The number of fused-ring (bicyclic) bond motifs is 2. The number of ether oxygens (including phenoxy) is 1. The van der Waals surface area contributed by atoms with E-state index in [0.717, 1.165) is 17.5 Å². The lowest BCUT2D eigenvalue weighted by Crippen LogP contribution is -2.52. The lowest BCUT2D eigenvalue weighted by Gasteiger charge is -2.29. The largest absolute Gasteiger partial charge is 0.497 e. The van der Waals surface area contributed by atoms with Crippen molar-refractivity contribution in [2.24, 2.45) is 11.8 Å². The van der Waals surface area contributed by atoms with Gasteiger partial charge in [0.25, 0.3) is 0 Å². The molecule has 2 heterocycles. The Kier molecular flexibility index (Phi) is 5.71. The van der Waals surface area contributed by atoms with Crippen LogP contribution in [0.3, 0.4) is 0 Å². The first-order valence-corrected chi connectivity index (χ1v) is 11.0. The predicted molar refractivity (Wildman–Crippen MR) is 123 cm³/mol. The lowest BCUT2D eigenvalue weighted by atomic mass is 9.79. The molecule has 3 N–H and O–H groups in total. The molecule has 1 fully saturated rings. The van der Waals surface area contributed by atoms with Gasteiger partial charge in [0.2, 0.25) is 11.8 Å². The number of benzene rings is 2. The summed E-state index contributed by atoms with van der Waals surface area (Å²) >= 11 is 6.45. The second-order valence-corrected chi connectivity index (χ2v) is 9.32. The molecule has 0 saturated carbocycles. The molecule has 0 bridgehead atoms. The van der Waals surface area contributed by atoms with Crippen molar-refractivity contribution in [3.63, 3.8) is 0 Å². The minimum atomic E-state index is -1.14. The maximum atomic E-state index is 13.5. The predicted octanol–water partition coefficient (Wildman–Crippen LogP) is 4.47. The smallest absolute Gasteiger partial charge is 0.250 e. The van der Waals surface area contributed by atoms with Crippen LogP contribution in [-0.4, -0.2) is 25.0 Å². The summed E-state index contributed by atoms with van der Waals surface area (Å²) in [6.45, 7) is 6.22. The van der Waals surface area contributed by atoms with Crippen LogP contribution in [0, 0.1) is 18.8 Å². The van der Waals surface area contributed by atoms with Crippen molar-refractivity contribution < 1.29 is 14.3 Å². The zero-order valence-electron chi connectivity index (χ0n) is 18.2. The minimum Gasteiger partial charge on any atom is -0.497 e. The van der Waals surface area contributed by atoms with Gasteiger partial charge in [0.05, 0.1) is 23.7 Å². The number of carbonyl (C=O) groups excluding carboxylic acids is 2. The Morgan fingerprint density at radius 1 is 1.29 bits per heavy atom. The third-order valence-electron chi connectivity index (χ3n) is 6.16. The van der Waals surface area contributed by atoms with Crippen LogP contribution in [0.5, 0.6) is 5.75 Å². The average Bonchev–Trinajstić information content (AvgIpc) is 3.22. The molecule has 0 aliphatic carbocycles. The van der Waals surface area contributed by atoms with Gasteiger partial charge in [-0.3, -0.25) is 14.9 Å². The Bertz CT molecular complexity index is 1020. The fourth-order valence-corrected chi connectivity index (χ4v) is 5.20. The molecule has 6 nitrogen and oxygen atoms in total. The molecule has 4 rings (SSSR count). The van der Waals surface area contributed by atoms with Gasteiger partial charge in [-0.1, -0.05) is 31.5 Å².